The first-order valence-corrected chi connectivity index (χ1v) is 5.60. The van der Waals surface area contributed by atoms with Crippen LogP contribution in [0.4, 0.5) is 5.69 Å². The third kappa shape index (κ3) is 2.06. The van der Waals surface area contributed by atoms with Crippen molar-refractivity contribution < 1.29 is 0 Å². The standard InChI is InChI=1S/C12H18N2/c1-2-11-6-7-12(10-13-11)14-8-4-3-5-9-14/h6-7,10H,2-5,8-9H2,1H3. The fraction of sp³-hybridized carbons (Fsp3) is 0.583. The van der Waals surface area contributed by atoms with Gasteiger partial charge >= 0.3 is 0 Å². The van der Waals surface area contributed by atoms with Crippen LogP contribution in [0, 0.1) is 0 Å². The van der Waals surface area contributed by atoms with Gasteiger partial charge in [0.25, 0.3) is 0 Å². The minimum absolute atomic E-state index is 1.03. The molecule has 14 heavy (non-hydrogen) atoms. The van der Waals surface area contributed by atoms with Crippen LogP contribution >= 0.6 is 0 Å². The number of hydrogen-bond acceptors (Lipinski definition) is 2. The molecule has 1 aliphatic rings. The van der Waals surface area contributed by atoms with E-state index in [0.717, 1.165) is 6.42 Å². The number of rotatable bonds is 2. The van der Waals surface area contributed by atoms with Crippen molar-refractivity contribution in [1.82, 2.24) is 4.98 Å². The number of anilines is 1. The van der Waals surface area contributed by atoms with Gasteiger partial charge in [-0.25, -0.2) is 0 Å². The summed E-state index contributed by atoms with van der Waals surface area (Å²) in [5, 5.41) is 0. The van der Waals surface area contributed by atoms with E-state index in [0.29, 0.717) is 0 Å². The summed E-state index contributed by atoms with van der Waals surface area (Å²) in [6.07, 6.45) is 7.09. The van der Waals surface area contributed by atoms with Gasteiger partial charge in [-0.1, -0.05) is 6.92 Å². The van der Waals surface area contributed by atoms with Gasteiger partial charge in [0, 0.05) is 18.8 Å². The Kier molecular flexibility index (Phi) is 3.02. The molecule has 2 heterocycles. The smallest absolute Gasteiger partial charge is 0.0552 e. The molecular formula is C12H18N2. The molecule has 0 N–H and O–H groups in total. The Bertz CT molecular complexity index is 273. The van der Waals surface area contributed by atoms with Crippen LogP contribution in [0.15, 0.2) is 18.3 Å². The highest BCUT2D eigenvalue weighted by Gasteiger charge is 2.10. The van der Waals surface area contributed by atoms with Crippen molar-refractivity contribution in [2.24, 2.45) is 0 Å². The van der Waals surface area contributed by atoms with Crippen LogP contribution in [0.2, 0.25) is 0 Å². The average Bonchev–Trinajstić information content (AvgIpc) is 2.30. The molecule has 0 atom stereocenters. The predicted molar refractivity (Wildman–Crippen MR) is 59.7 cm³/mol. The lowest BCUT2D eigenvalue weighted by atomic mass is 10.1. The topological polar surface area (TPSA) is 16.1 Å². The van der Waals surface area contributed by atoms with Gasteiger partial charge < -0.3 is 4.90 Å². The van der Waals surface area contributed by atoms with E-state index in [2.05, 4.69) is 28.9 Å². The summed E-state index contributed by atoms with van der Waals surface area (Å²) in [6.45, 7) is 4.54. The molecule has 1 aromatic heterocycles. The Labute approximate surface area is 86.0 Å². The van der Waals surface area contributed by atoms with Gasteiger partial charge in [-0.05, 0) is 37.8 Å². The Balaban J connectivity index is 2.07. The van der Waals surface area contributed by atoms with Gasteiger partial charge in [-0.15, -0.1) is 0 Å². The summed E-state index contributed by atoms with van der Waals surface area (Å²) in [5.74, 6) is 0. The van der Waals surface area contributed by atoms with Crippen LogP contribution in [-0.2, 0) is 6.42 Å². The number of aryl methyl sites for hydroxylation is 1. The largest absolute Gasteiger partial charge is 0.370 e. The van der Waals surface area contributed by atoms with Gasteiger partial charge in [0.1, 0.15) is 0 Å². The number of nitrogens with zero attached hydrogens (tertiary/aromatic N) is 2. The molecule has 2 rings (SSSR count). The third-order valence-electron chi connectivity index (χ3n) is 2.89. The first kappa shape index (κ1) is 9.50. The Hall–Kier alpha value is -1.05. The first-order chi connectivity index (χ1) is 6.90. The van der Waals surface area contributed by atoms with Crippen molar-refractivity contribution in [3.05, 3.63) is 24.0 Å². The predicted octanol–water partition coefficient (Wildman–Crippen LogP) is 2.63. The van der Waals surface area contributed by atoms with Crippen molar-refractivity contribution in [2.45, 2.75) is 32.6 Å². The van der Waals surface area contributed by atoms with E-state index in [4.69, 9.17) is 0 Å². The summed E-state index contributed by atoms with van der Waals surface area (Å²) in [7, 11) is 0. The maximum Gasteiger partial charge on any atom is 0.0552 e. The van der Waals surface area contributed by atoms with Crippen molar-refractivity contribution in [3.8, 4) is 0 Å². The second-order valence-corrected chi connectivity index (χ2v) is 3.91. The maximum atomic E-state index is 4.43. The molecule has 1 fully saturated rings. The van der Waals surface area contributed by atoms with Crippen LogP contribution < -0.4 is 4.90 Å². The van der Waals surface area contributed by atoms with E-state index in [1.165, 1.54) is 43.7 Å². The highest BCUT2D eigenvalue weighted by atomic mass is 15.1. The Morgan fingerprint density at radius 1 is 1.21 bits per heavy atom. The van der Waals surface area contributed by atoms with Crippen molar-refractivity contribution >= 4 is 5.69 Å². The average molecular weight is 190 g/mol. The van der Waals surface area contributed by atoms with Crippen molar-refractivity contribution in [2.75, 3.05) is 18.0 Å². The maximum absolute atomic E-state index is 4.43. The monoisotopic (exact) mass is 190 g/mol. The van der Waals surface area contributed by atoms with E-state index in [1.54, 1.807) is 0 Å². The number of aromatic nitrogens is 1. The molecule has 0 unspecified atom stereocenters. The molecule has 1 saturated heterocycles. The summed E-state index contributed by atoms with van der Waals surface area (Å²) in [6, 6.07) is 4.35. The lowest BCUT2D eigenvalue weighted by Gasteiger charge is -2.28. The molecule has 0 spiro atoms. The molecule has 0 bridgehead atoms. The zero-order chi connectivity index (χ0) is 9.80. The fourth-order valence-corrected chi connectivity index (χ4v) is 1.96. The zero-order valence-corrected chi connectivity index (χ0v) is 8.87. The number of pyridine rings is 1. The van der Waals surface area contributed by atoms with Crippen molar-refractivity contribution in [1.29, 1.82) is 0 Å². The lowest BCUT2D eigenvalue weighted by molar-refractivity contribution is 0.577. The summed E-state index contributed by atoms with van der Waals surface area (Å²) in [5.41, 5.74) is 2.48. The molecule has 0 amide bonds. The molecule has 1 aliphatic heterocycles. The number of hydrogen-bond donors (Lipinski definition) is 0. The molecule has 0 aromatic carbocycles. The summed E-state index contributed by atoms with van der Waals surface area (Å²) >= 11 is 0. The van der Waals surface area contributed by atoms with Crippen molar-refractivity contribution in [3.63, 3.8) is 0 Å². The number of piperidine rings is 1. The van der Waals surface area contributed by atoms with E-state index in [-0.39, 0.29) is 0 Å². The van der Waals surface area contributed by atoms with Gasteiger partial charge in [0.2, 0.25) is 0 Å². The molecule has 0 radical (unpaired) electrons. The Morgan fingerprint density at radius 2 is 2.00 bits per heavy atom. The van der Waals surface area contributed by atoms with E-state index < -0.39 is 0 Å². The SMILES string of the molecule is CCc1ccc(N2CCCCC2)cn1. The van der Waals surface area contributed by atoms with Gasteiger partial charge in [0.15, 0.2) is 0 Å². The molecule has 2 nitrogen and oxygen atoms in total. The molecule has 1 aromatic rings. The normalized spacial score (nSPS) is 17.1. The van der Waals surface area contributed by atoms with E-state index in [9.17, 15) is 0 Å². The lowest BCUT2D eigenvalue weighted by Crippen LogP contribution is -2.29. The fourth-order valence-electron chi connectivity index (χ4n) is 1.96. The quantitative estimate of drug-likeness (QED) is 0.712. The highest BCUT2D eigenvalue weighted by Crippen LogP contribution is 2.18. The van der Waals surface area contributed by atoms with Crippen LogP contribution in [0.3, 0.4) is 0 Å². The second kappa shape index (κ2) is 4.45. The highest BCUT2D eigenvalue weighted by molar-refractivity contribution is 5.44. The van der Waals surface area contributed by atoms with Crippen LogP contribution in [0.1, 0.15) is 31.9 Å². The minimum atomic E-state index is 1.03. The van der Waals surface area contributed by atoms with Gasteiger partial charge in [-0.3, -0.25) is 4.98 Å². The molecule has 2 heteroatoms. The van der Waals surface area contributed by atoms with E-state index >= 15 is 0 Å². The molecule has 76 valence electrons. The van der Waals surface area contributed by atoms with Crippen LogP contribution in [0.5, 0.6) is 0 Å². The summed E-state index contributed by atoms with van der Waals surface area (Å²) in [4.78, 5) is 6.87. The van der Waals surface area contributed by atoms with E-state index in [1.807, 2.05) is 6.20 Å². The van der Waals surface area contributed by atoms with Crippen LogP contribution in [0.25, 0.3) is 0 Å². The molecule has 0 aliphatic carbocycles. The zero-order valence-electron chi connectivity index (χ0n) is 8.87. The van der Waals surface area contributed by atoms with Gasteiger partial charge in [-0.2, -0.15) is 0 Å². The second-order valence-electron chi connectivity index (χ2n) is 3.91. The van der Waals surface area contributed by atoms with Gasteiger partial charge in [0.05, 0.1) is 11.9 Å². The summed E-state index contributed by atoms with van der Waals surface area (Å²) < 4.78 is 0. The molecule has 0 saturated carbocycles. The first-order valence-electron chi connectivity index (χ1n) is 5.60. The van der Waals surface area contributed by atoms with Crippen LogP contribution in [-0.4, -0.2) is 18.1 Å². The Morgan fingerprint density at radius 3 is 2.57 bits per heavy atom. The molecular weight excluding hydrogens is 172 g/mol. The third-order valence-corrected chi connectivity index (χ3v) is 2.89. The minimum Gasteiger partial charge on any atom is -0.370 e.